The number of carbonyl (C=O) groups is 2. The summed E-state index contributed by atoms with van der Waals surface area (Å²) in [6.07, 6.45) is 3.09. The lowest BCUT2D eigenvalue weighted by atomic mass is 10.2. The molecule has 0 spiro atoms. The number of anilines is 1. The minimum Gasteiger partial charge on any atom is -0.345 e. The molecule has 17 heavy (non-hydrogen) atoms. The summed E-state index contributed by atoms with van der Waals surface area (Å²) in [5.41, 5.74) is 1.16. The van der Waals surface area contributed by atoms with Crippen LogP contribution in [0.2, 0.25) is 0 Å². The molecule has 0 saturated heterocycles. The van der Waals surface area contributed by atoms with Gasteiger partial charge in [-0.3, -0.25) is 9.59 Å². The summed E-state index contributed by atoms with van der Waals surface area (Å²) in [6, 6.07) is 6.85. The third-order valence-corrected chi connectivity index (χ3v) is 2.10. The molecule has 1 aromatic rings. The summed E-state index contributed by atoms with van der Waals surface area (Å²) < 4.78 is 0. The highest BCUT2D eigenvalue weighted by molar-refractivity contribution is 6.01. The van der Waals surface area contributed by atoms with Gasteiger partial charge in [0.2, 0.25) is 5.91 Å². The van der Waals surface area contributed by atoms with Crippen LogP contribution >= 0.6 is 0 Å². The number of nitrogens with zero attached hydrogens (tertiary/aromatic N) is 1. The molecule has 0 aromatic heterocycles. The number of hydrogen-bond donors (Lipinski definition) is 1. The van der Waals surface area contributed by atoms with Gasteiger partial charge in [0.05, 0.1) is 0 Å². The number of rotatable bonds is 3. The molecule has 0 aliphatic carbocycles. The molecule has 4 nitrogen and oxygen atoms in total. The third kappa shape index (κ3) is 3.75. The molecule has 0 saturated carbocycles. The Balaban J connectivity index is 2.86. The highest BCUT2D eigenvalue weighted by Gasteiger charge is 2.08. The molecule has 4 heteroatoms. The molecule has 0 aliphatic rings. The van der Waals surface area contributed by atoms with Gasteiger partial charge in [0.15, 0.2) is 0 Å². The fourth-order valence-electron chi connectivity index (χ4n) is 1.32. The van der Waals surface area contributed by atoms with Crippen LogP contribution in [-0.4, -0.2) is 30.8 Å². The fourth-order valence-corrected chi connectivity index (χ4v) is 1.32. The summed E-state index contributed by atoms with van der Waals surface area (Å²) in [5.74, 6) is -0.297. The van der Waals surface area contributed by atoms with Crippen molar-refractivity contribution in [3.8, 4) is 0 Å². The van der Waals surface area contributed by atoms with Gasteiger partial charge in [0.1, 0.15) is 0 Å². The van der Waals surface area contributed by atoms with Crippen molar-refractivity contribution in [2.75, 3.05) is 19.4 Å². The summed E-state index contributed by atoms with van der Waals surface area (Å²) in [5, 5.41) is 2.68. The maximum atomic E-state index is 11.7. The van der Waals surface area contributed by atoms with Crippen molar-refractivity contribution in [3.05, 3.63) is 42.0 Å². The Kier molecular flexibility index (Phi) is 4.46. The first kappa shape index (κ1) is 13.0. The van der Waals surface area contributed by atoms with Crippen molar-refractivity contribution in [1.82, 2.24) is 4.90 Å². The predicted molar refractivity (Wildman–Crippen MR) is 67.9 cm³/mol. The first-order valence-corrected chi connectivity index (χ1v) is 5.30. The molecule has 0 bridgehead atoms. The average molecular weight is 232 g/mol. The first-order chi connectivity index (χ1) is 8.04. The van der Waals surface area contributed by atoms with Crippen LogP contribution in [0.1, 0.15) is 17.3 Å². The minimum absolute atomic E-state index is 0.0906. The zero-order chi connectivity index (χ0) is 12.8. The van der Waals surface area contributed by atoms with E-state index < -0.39 is 0 Å². The lowest BCUT2D eigenvalue weighted by Gasteiger charge is -2.11. The summed E-state index contributed by atoms with van der Waals surface area (Å²) in [4.78, 5) is 24.5. The number of hydrogen-bond acceptors (Lipinski definition) is 2. The maximum Gasteiger partial charge on any atom is 0.253 e. The molecular weight excluding hydrogens is 216 g/mol. The smallest absolute Gasteiger partial charge is 0.253 e. The normalized spacial score (nSPS) is 10.3. The second-order valence-corrected chi connectivity index (χ2v) is 3.77. The highest BCUT2D eigenvalue weighted by Crippen LogP contribution is 2.11. The summed E-state index contributed by atoms with van der Waals surface area (Å²) in [6.45, 7) is 1.77. The molecule has 1 rings (SSSR count). The van der Waals surface area contributed by atoms with Crippen molar-refractivity contribution in [2.45, 2.75) is 6.92 Å². The van der Waals surface area contributed by atoms with Crippen LogP contribution in [0.25, 0.3) is 0 Å². The molecule has 1 N–H and O–H groups in total. The predicted octanol–water partition coefficient (Wildman–Crippen LogP) is 1.90. The second kappa shape index (κ2) is 5.84. The van der Waals surface area contributed by atoms with Gasteiger partial charge in [-0.15, -0.1) is 0 Å². The lowest BCUT2D eigenvalue weighted by molar-refractivity contribution is -0.111. The van der Waals surface area contributed by atoms with Gasteiger partial charge in [-0.1, -0.05) is 12.1 Å². The summed E-state index contributed by atoms with van der Waals surface area (Å²) >= 11 is 0. The van der Waals surface area contributed by atoms with Gasteiger partial charge in [0.25, 0.3) is 5.91 Å². The molecule has 2 amide bonds. The van der Waals surface area contributed by atoms with E-state index in [0.29, 0.717) is 11.3 Å². The molecule has 0 atom stereocenters. The van der Waals surface area contributed by atoms with Gasteiger partial charge in [-0.05, 0) is 31.2 Å². The Morgan fingerprint density at radius 1 is 1.29 bits per heavy atom. The standard InChI is InChI=1S/C13H16N2O2/c1-4-6-12(16)14-11-8-5-7-10(9-11)13(17)15(2)3/h4-9H,1-3H3,(H,14,16). The van der Waals surface area contributed by atoms with Crippen LogP contribution in [0.4, 0.5) is 5.69 Å². The van der Waals surface area contributed by atoms with Gasteiger partial charge >= 0.3 is 0 Å². The van der Waals surface area contributed by atoms with Crippen molar-refractivity contribution >= 4 is 17.5 Å². The molecule has 0 aliphatic heterocycles. The number of amides is 2. The van der Waals surface area contributed by atoms with Crippen molar-refractivity contribution in [1.29, 1.82) is 0 Å². The Labute approximate surface area is 101 Å². The molecule has 1 aromatic carbocycles. The van der Waals surface area contributed by atoms with Gasteiger partial charge in [-0.2, -0.15) is 0 Å². The van der Waals surface area contributed by atoms with E-state index >= 15 is 0 Å². The van der Waals surface area contributed by atoms with E-state index in [1.165, 1.54) is 11.0 Å². The van der Waals surface area contributed by atoms with E-state index in [4.69, 9.17) is 0 Å². The molecule has 0 unspecified atom stereocenters. The topological polar surface area (TPSA) is 49.4 Å². The number of carbonyl (C=O) groups excluding carboxylic acids is 2. The van der Waals surface area contributed by atoms with Crippen LogP contribution in [0, 0.1) is 0 Å². The molecule has 0 fully saturated rings. The van der Waals surface area contributed by atoms with E-state index in [1.54, 1.807) is 51.4 Å². The van der Waals surface area contributed by atoms with Crippen molar-refractivity contribution < 1.29 is 9.59 Å². The second-order valence-electron chi connectivity index (χ2n) is 3.77. The van der Waals surface area contributed by atoms with E-state index in [-0.39, 0.29) is 11.8 Å². The Hall–Kier alpha value is -2.10. The van der Waals surface area contributed by atoms with Gasteiger partial charge in [0, 0.05) is 25.3 Å². The van der Waals surface area contributed by atoms with Crippen molar-refractivity contribution in [2.24, 2.45) is 0 Å². The lowest BCUT2D eigenvalue weighted by Crippen LogP contribution is -2.21. The van der Waals surface area contributed by atoms with E-state index in [9.17, 15) is 9.59 Å². The van der Waals surface area contributed by atoms with Crippen LogP contribution in [0.15, 0.2) is 36.4 Å². The number of benzene rings is 1. The zero-order valence-corrected chi connectivity index (χ0v) is 10.2. The average Bonchev–Trinajstić information content (AvgIpc) is 2.28. The molecule has 0 heterocycles. The van der Waals surface area contributed by atoms with Crippen LogP contribution in [0.5, 0.6) is 0 Å². The van der Waals surface area contributed by atoms with E-state index in [2.05, 4.69) is 5.32 Å². The zero-order valence-electron chi connectivity index (χ0n) is 10.2. The number of allylic oxidation sites excluding steroid dienone is 1. The Morgan fingerprint density at radius 2 is 2.00 bits per heavy atom. The summed E-state index contributed by atoms with van der Waals surface area (Å²) in [7, 11) is 3.38. The largest absolute Gasteiger partial charge is 0.345 e. The van der Waals surface area contributed by atoms with Crippen LogP contribution in [-0.2, 0) is 4.79 Å². The Bertz CT molecular complexity index is 450. The van der Waals surface area contributed by atoms with Crippen LogP contribution < -0.4 is 5.32 Å². The molecule has 0 radical (unpaired) electrons. The van der Waals surface area contributed by atoms with Gasteiger partial charge < -0.3 is 10.2 Å². The third-order valence-electron chi connectivity index (χ3n) is 2.10. The van der Waals surface area contributed by atoms with Crippen molar-refractivity contribution in [3.63, 3.8) is 0 Å². The van der Waals surface area contributed by atoms with E-state index in [0.717, 1.165) is 0 Å². The minimum atomic E-state index is -0.207. The van der Waals surface area contributed by atoms with E-state index in [1.807, 2.05) is 0 Å². The monoisotopic (exact) mass is 232 g/mol. The first-order valence-electron chi connectivity index (χ1n) is 5.30. The quantitative estimate of drug-likeness (QED) is 0.809. The number of nitrogens with one attached hydrogen (secondary N) is 1. The molecular formula is C13H16N2O2. The van der Waals surface area contributed by atoms with Crippen LogP contribution in [0.3, 0.4) is 0 Å². The van der Waals surface area contributed by atoms with Gasteiger partial charge in [-0.25, -0.2) is 0 Å². The SMILES string of the molecule is CC=CC(=O)Nc1cccc(C(=O)N(C)C)c1. The maximum absolute atomic E-state index is 11.7. The highest BCUT2D eigenvalue weighted by atomic mass is 16.2. The Morgan fingerprint density at radius 3 is 2.59 bits per heavy atom. The molecule has 90 valence electrons. The fraction of sp³-hybridized carbons (Fsp3) is 0.231.